The van der Waals surface area contributed by atoms with Crippen molar-refractivity contribution in [2.75, 3.05) is 44.4 Å². The van der Waals surface area contributed by atoms with Gasteiger partial charge in [0.05, 0.1) is 25.9 Å². The van der Waals surface area contributed by atoms with Crippen LogP contribution in [0.25, 0.3) is 0 Å². The quantitative estimate of drug-likeness (QED) is 0.650. The van der Waals surface area contributed by atoms with E-state index in [1.807, 2.05) is 54.6 Å². The number of aliphatic hydroxyl groups excluding tert-OH is 1. The Morgan fingerprint density at radius 1 is 1.11 bits per heavy atom. The molecule has 6 heteroatoms. The number of carbonyl (C=O) groups is 1. The highest BCUT2D eigenvalue weighted by Gasteiger charge is 2.13. The summed E-state index contributed by atoms with van der Waals surface area (Å²) in [5, 5.41) is 13.1. The summed E-state index contributed by atoms with van der Waals surface area (Å²) >= 11 is 0. The summed E-state index contributed by atoms with van der Waals surface area (Å²) in [4.78, 5) is 14.2. The predicted octanol–water partition coefficient (Wildman–Crippen LogP) is 2.53. The molecule has 2 N–H and O–H groups in total. The largest absolute Gasteiger partial charge is 0.494 e. The van der Waals surface area contributed by atoms with E-state index < -0.39 is 6.10 Å². The molecule has 0 spiro atoms. The summed E-state index contributed by atoms with van der Waals surface area (Å²) in [6, 6.07) is 17.4. The first-order chi connectivity index (χ1) is 13.7. The Bertz CT molecular complexity index is 715. The molecule has 28 heavy (non-hydrogen) atoms. The van der Waals surface area contributed by atoms with Gasteiger partial charge in [0.25, 0.3) is 0 Å². The van der Waals surface area contributed by atoms with Crippen LogP contribution in [0.4, 0.5) is 5.69 Å². The fraction of sp³-hybridized carbons (Fsp3) is 0.409. The van der Waals surface area contributed by atoms with Crippen LogP contribution >= 0.6 is 0 Å². The van der Waals surface area contributed by atoms with Gasteiger partial charge in [0, 0.05) is 31.7 Å². The Morgan fingerprint density at radius 2 is 1.82 bits per heavy atom. The van der Waals surface area contributed by atoms with E-state index in [1.54, 1.807) is 0 Å². The van der Waals surface area contributed by atoms with Crippen molar-refractivity contribution in [2.45, 2.75) is 18.9 Å². The number of carbonyl (C=O) groups excluding carboxylic acids is 1. The van der Waals surface area contributed by atoms with Crippen LogP contribution in [0.5, 0.6) is 5.75 Å². The summed E-state index contributed by atoms with van der Waals surface area (Å²) in [7, 11) is 0. The number of hydrogen-bond donors (Lipinski definition) is 2. The van der Waals surface area contributed by atoms with E-state index in [1.165, 1.54) is 0 Å². The zero-order valence-electron chi connectivity index (χ0n) is 16.0. The number of benzene rings is 2. The van der Waals surface area contributed by atoms with Crippen molar-refractivity contribution in [1.82, 2.24) is 5.32 Å². The second kappa shape index (κ2) is 10.7. The van der Waals surface area contributed by atoms with Crippen molar-refractivity contribution in [3.05, 3.63) is 60.2 Å². The van der Waals surface area contributed by atoms with Gasteiger partial charge in [-0.05, 0) is 36.2 Å². The van der Waals surface area contributed by atoms with Gasteiger partial charge in [0.1, 0.15) is 5.75 Å². The molecule has 1 fully saturated rings. The van der Waals surface area contributed by atoms with Gasteiger partial charge < -0.3 is 24.8 Å². The summed E-state index contributed by atoms with van der Waals surface area (Å²) in [5.74, 6) is 0.722. The first kappa shape index (κ1) is 20.2. The fourth-order valence-electron chi connectivity index (χ4n) is 3.09. The Hall–Kier alpha value is -2.57. The molecule has 0 radical (unpaired) electrons. The number of anilines is 1. The molecular formula is C22H28N2O4. The van der Waals surface area contributed by atoms with Crippen LogP contribution in [-0.4, -0.2) is 50.5 Å². The molecule has 6 nitrogen and oxygen atoms in total. The molecule has 2 aromatic carbocycles. The van der Waals surface area contributed by atoms with E-state index >= 15 is 0 Å². The highest BCUT2D eigenvalue weighted by molar-refractivity contribution is 5.75. The molecule has 1 atom stereocenters. The highest BCUT2D eigenvalue weighted by atomic mass is 16.5. The van der Waals surface area contributed by atoms with Crippen LogP contribution in [-0.2, 0) is 9.53 Å². The molecule has 0 bridgehead atoms. The third-order valence-corrected chi connectivity index (χ3v) is 4.71. The molecular weight excluding hydrogens is 356 g/mol. The third kappa shape index (κ3) is 6.25. The van der Waals surface area contributed by atoms with Crippen LogP contribution in [0.1, 0.15) is 24.5 Å². The van der Waals surface area contributed by atoms with Crippen LogP contribution in [0.15, 0.2) is 54.6 Å². The number of para-hydroxylation sites is 1. The molecule has 0 aromatic heterocycles. The first-order valence-corrected chi connectivity index (χ1v) is 9.77. The van der Waals surface area contributed by atoms with Gasteiger partial charge in [-0.1, -0.05) is 30.3 Å². The molecule has 1 unspecified atom stereocenters. The molecule has 1 saturated heterocycles. The van der Waals surface area contributed by atoms with E-state index in [0.29, 0.717) is 19.4 Å². The molecule has 1 aliphatic rings. The number of nitrogens with zero attached hydrogens (tertiary/aromatic N) is 1. The van der Waals surface area contributed by atoms with Gasteiger partial charge >= 0.3 is 0 Å². The molecule has 1 aliphatic heterocycles. The first-order valence-electron chi connectivity index (χ1n) is 9.77. The Kier molecular flexibility index (Phi) is 7.70. The summed E-state index contributed by atoms with van der Waals surface area (Å²) < 4.78 is 10.9. The van der Waals surface area contributed by atoms with Gasteiger partial charge in [0.15, 0.2) is 0 Å². The van der Waals surface area contributed by atoms with E-state index in [2.05, 4.69) is 10.2 Å². The maximum atomic E-state index is 12.0. The molecule has 3 rings (SSSR count). The Morgan fingerprint density at radius 3 is 2.54 bits per heavy atom. The lowest BCUT2D eigenvalue weighted by Crippen LogP contribution is -2.36. The molecule has 0 aliphatic carbocycles. The average Bonchev–Trinajstić information content (AvgIpc) is 2.76. The molecule has 2 aromatic rings. The molecule has 0 saturated carbocycles. The minimum atomic E-state index is -0.719. The fourth-order valence-corrected chi connectivity index (χ4v) is 3.09. The van der Waals surface area contributed by atoms with Crippen LogP contribution < -0.4 is 15.0 Å². The topological polar surface area (TPSA) is 71.0 Å². The van der Waals surface area contributed by atoms with Crippen molar-refractivity contribution < 1.29 is 19.4 Å². The highest BCUT2D eigenvalue weighted by Crippen LogP contribution is 2.20. The Labute approximate surface area is 166 Å². The van der Waals surface area contributed by atoms with Crippen molar-refractivity contribution >= 4 is 11.6 Å². The van der Waals surface area contributed by atoms with Gasteiger partial charge in [-0.2, -0.15) is 0 Å². The van der Waals surface area contributed by atoms with E-state index in [9.17, 15) is 9.90 Å². The minimum Gasteiger partial charge on any atom is -0.494 e. The Balaban J connectivity index is 1.34. The normalized spacial score (nSPS) is 15.1. The lowest BCUT2D eigenvalue weighted by Gasteiger charge is -2.29. The van der Waals surface area contributed by atoms with Crippen molar-refractivity contribution in [2.24, 2.45) is 0 Å². The number of nitrogens with one attached hydrogen (secondary N) is 1. The van der Waals surface area contributed by atoms with Crippen molar-refractivity contribution in [3.8, 4) is 5.75 Å². The standard InChI is InChI=1S/C22H28N2O4/c25-21(18-8-10-19(11-9-18)24-12-15-27-16-13-24)17-23-22(26)7-4-14-28-20-5-2-1-3-6-20/h1-3,5-6,8-11,21,25H,4,7,12-17H2,(H,23,26). The van der Waals surface area contributed by atoms with Gasteiger partial charge in [-0.15, -0.1) is 0 Å². The summed E-state index contributed by atoms with van der Waals surface area (Å²) in [6.45, 7) is 3.94. The third-order valence-electron chi connectivity index (χ3n) is 4.71. The minimum absolute atomic E-state index is 0.0827. The van der Waals surface area contributed by atoms with E-state index in [-0.39, 0.29) is 12.5 Å². The second-order valence-corrected chi connectivity index (χ2v) is 6.78. The number of rotatable bonds is 9. The summed E-state index contributed by atoms with van der Waals surface area (Å²) in [6.07, 6.45) is 0.281. The van der Waals surface area contributed by atoms with Crippen LogP contribution in [0.3, 0.4) is 0 Å². The summed E-state index contributed by atoms with van der Waals surface area (Å²) in [5.41, 5.74) is 1.92. The van der Waals surface area contributed by atoms with Crippen LogP contribution in [0.2, 0.25) is 0 Å². The van der Waals surface area contributed by atoms with Crippen molar-refractivity contribution in [1.29, 1.82) is 0 Å². The average molecular weight is 384 g/mol. The van der Waals surface area contributed by atoms with E-state index in [0.717, 1.165) is 43.3 Å². The zero-order chi connectivity index (χ0) is 19.6. The number of hydrogen-bond acceptors (Lipinski definition) is 5. The maximum absolute atomic E-state index is 12.0. The monoisotopic (exact) mass is 384 g/mol. The van der Waals surface area contributed by atoms with Gasteiger partial charge in [-0.25, -0.2) is 0 Å². The molecule has 1 heterocycles. The van der Waals surface area contributed by atoms with E-state index in [4.69, 9.17) is 9.47 Å². The smallest absolute Gasteiger partial charge is 0.220 e. The zero-order valence-corrected chi connectivity index (χ0v) is 16.0. The van der Waals surface area contributed by atoms with Gasteiger partial charge in [0.2, 0.25) is 5.91 Å². The number of ether oxygens (including phenoxy) is 2. The lowest BCUT2D eigenvalue weighted by molar-refractivity contribution is -0.121. The SMILES string of the molecule is O=C(CCCOc1ccccc1)NCC(O)c1ccc(N2CCOCC2)cc1. The molecule has 1 amide bonds. The number of aliphatic hydroxyl groups is 1. The number of morpholine rings is 1. The maximum Gasteiger partial charge on any atom is 0.220 e. The van der Waals surface area contributed by atoms with Gasteiger partial charge in [-0.3, -0.25) is 4.79 Å². The van der Waals surface area contributed by atoms with Crippen LogP contribution in [0, 0.1) is 0 Å². The molecule has 150 valence electrons. The number of amides is 1. The van der Waals surface area contributed by atoms with Crippen molar-refractivity contribution in [3.63, 3.8) is 0 Å². The second-order valence-electron chi connectivity index (χ2n) is 6.78. The lowest BCUT2D eigenvalue weighted by atomic mass is 10.1. The predicted molar refractivity (Wildman–Crippen MR) is 109 cm³/mol.